The summed E-state index contributed by atoms with van der Waals surface area (Å²) in [6.45, 7) is 0. The van der Waals surface area contributed by atoms with Gasteiger partial charge in [0.1, 0.15) is 17.8 Å². The Kier molecular flexibility index (Phi) is 4.07. The van der Waals surface area contributed by atoms with Crippen LogP contribution in [0.25, 0.3) is 11.5 Å². The molecule has 8 heteroatoms. The van der Waals surface area contributed by atoms with Gasteiger partial charge in [-0.3, -0.25) is 4.79 Å². The Hall–Kier alpha value is -3.03. The molecule has 0 unspecified atom stereocenters. The van der Waals surface area contributed by atoms with E-state index in [1.807, 2.05) is 0 Å². The van der Waals surface area contributed by atoms with Gasteiger partial charge in [0.15, 0.2) is 11.7 Å². The maximum absolute atomic E-state index is 11.7. The molecule has 21 heavy (non-hydrogen) atoms. The number of oxazole rings is 1. The molecule has 0 fully saturated rings. The van der Waals surface area contributed by atoms with Gasteiger partial charge in [0.05, 0.1) is 19.8 Å². The van der Waals surface area contributed by atoms with Crippen molar-refractivity contribution in [2.75, 3.05) is 14.2 Å². The molecule has 1 aromatic heterocycles. The van der Waals surface area contributed by atoms with Crippen LogP contribution in [0.3, 0.4) is 0 Å². The number of hydrogen-bond acceptors (Lipinski definition) is 5. The number of methoxy groups -OCH3 is 2. The van der Waals surface area contributed by atoms with Crippen LogP contribution in [0.4, 0.5) is 0 Å². The molecule has 0 aliphatic rings. The molecule has 0 radical (unpaired) electrons. The number of benzene rings is 1. The maximum atomic E-state index is 11.7. The zero-order valence-electron chi connectivity index (χ0n) is 11.5. The van der Waals surface area contributed by atoms with Gasteiger partial charge in [-0.2, -0.15) is 4.99 Å². The van der Waals surface area contributed by atoms with Crippen molar-refractivity contribution in [3.05, 3.63) is 30.2 Å². The number of nitrogens with zero attached hydrogens (tertiary/aromatic N) is 2. The van der Waals surface area contributed by atoms with Gasteiger partial charge < -0.3 is 25.4 Å². The van der Waals surface area contributed by atoms with E-state index in [0.29, 0.717) is 17.1 Å². The monoisotopic (exact) mass is 290 g/mol. The van der Waals surface area contributed by atoms with Crippen LogP contribution in [0.15, 0.2) is 33.9 Å². The molecule has 0 atom stereocenters. The SMILES string of the molecule is COc1ccc(OC)c(-c2nc(C(=O)N=C(N)N)co2)c1. The van der Waals surface area contributed by atoms with E-state index in [-0.39, 0.29) is 17.5 Å². The molecule has 0 aliphatic heterocycles. The van der Waals surface area contributed by atoms with Crippen LogP contribution < -0.4 is 20.9 Å². The number of amides is 1. The highest BCUT2D eigenvalue weighted by Gasteiger charge is 2.17. The van der Waals surface area contributed by atoms with E-state index < -0.39 is 5.91 Å². The van der Waals surface area contributed by atoms with Gasteiger partial charge in [-0.15, -0.1) is 0 Å². The smallest absolute Gasteiger partial charge is 0.302 e. The largest absolute Gasteiger partial charge is 0.497 e. The molecule has 0 saturated carbocycles. The van der Waals surface area contributed by atoms with E-state index in [1.54, 1.807) is 18.2 Å². The average Bonchev–Trinajstić information content (AvgIpc) is 2.95. The van der Waals surface area contributed by atoms with Crippen LogP contribution in [-0.2, 0) is 0 Å². The zero-order chi connectivity index (χ0) is 15.4. The number of nitrogens with two attached hydrogens (primary N) is 2. The van der Waals surface area contributed by atoms with Crippen molar-refractivity contribution in [1.29, 1.82) is 0 Å². The second kappa shape index (κ2) is 5.95. The lowest BCUT2D eigenvalue weighted by atomic mass is 10.2. The second-order valence-corrected chi connectivity index (χ2v) is 3.95. The summed E-state index contributed by atoms with van der Waals surface area (Å²) < 4.78 is 15.6. The van der Waals surface area contributed by atoms with Crippen LogP contribution in [0.2, 0.25) is 0 Å². The van der Waals surface area contributed by atoms with Gasteiger partial charge >= 0.3 is 5.91 Å². The molecule has 0 aliphatic carbocycles. The lowest BCUT2D eigenvalue weighted by Gasteiger charge is -2.07. The summed E-state index contributed by atoms with van der Waals surface area (Å²) in [5.74, 6) is 0.287. The van der Waals surface area contributed by atoms with Crippen molar-refractivity contribution >= 4 is 11.9 Å². The molecule has 0 spiro atoms. The summed E-state index contributed by atoms with van der Waals surface area (Å²) in [7, 11) is 3.05. The van der Waals surface area contributed by atoms with E-state index in [2.05, 4.69) is 9.98 Å². The van der Waals surface area contributed by atoms with E-state index in [1.165, 1.54) is 20.5 Å². The summed E-state index contributed by atoms with van der Waals surface area (Å²) in [4.78, 5) is 19.1. The van der Waals surface area contributed by atoms with E-state index in [4.69, 9.17) is 25.4 Å². The highest BCUT2D eigenvalue weighted by molar-refractivity contribution is 6.00. The van der Waals surface area contributed by atoms with Gasteiger partial charge in [0.2, 0.25) is 5.89 Å². The Bertz CT molecular complexity index is 689. The van der Waals surface area contributed by atoms with Gasteiger partial charge in [-0.1, -0.05) is 0 Å². The fraction of sp³-hybridized carbons (Fsp3) is 0.154. The first-order chi connectivity index (χ1) is 10.0. The molecular weight excluding hydrogens is 276 g/mol. The van der Waals surface area contributed by atoms with Crippen LogP contribution in [0, 0.1) is 0 Å². The van der Waals surface area contributed by atoms with Crippen LogP contribution in [0.1, 0.15) is 10.5 Å². The quantitative estimate of drug-likeness (QED) is 0.629. The van der Waals surface area contributed by atoms with E-state index >= 15 is 0 Å². The molecule has 2 aromatic rings. The summed E-state index contributed by atoms with van der Waals surface area (Å²) in [6, 6.07) is 5.12. The zero-order valence-corrected chi connectivity index (χ0v) is 11.5. The Balaban J connectivity index is 2.41. The number of aliphatic imine (C=N–C) groups is 1. The van der Waals surface area contributed by atoms with E-state index in [9.17, 15) is 4.79 Å². The van der Waals surface area contributed by atoms with Crippen molar-refractivity contribution in [3.63, 3.8) is 0 Å². The van der Waals surface area contributed by atoms with Crippen molar-refractivity contribution < 1.29 is 18.7 Å². The molecule has 2 rings (SSSR count). The fourth-order valence-electron chi connectivity index (χ4n) is 1.65. The minimum absolute atomic E-state index is 0.0109. The number of aromatic nitrogens is 1. The number of hydrogen-bond donors (Lipinski definition) is 2. The minimum atomic E-state index is -0.688. The second-order valence-electron chi connectivity index (χ2n) is 3.95. The molecule has 1 amide bonds. The number of guanidine groups is 1. The number of rotatable bonds is 4. The summed E-state index contributed by atoms with van der Waals surface area (Å²) in [5, 5.41) is 0. The predicted molar refractivity (Wildman–Crippen MR) is 75.2 cm³/mol. The number of carbonyl (C=O) groups excluding carboxylic acids is 1. The molecule has 0 saturated heterocycles. The van der Waals surface area contributed by atoms with Crippen molar-refractivity contribution in [2.24, 2.45) is 16.5 Å². The summed E-state index contributed by atoms with van der Waals surface area (Å²) in [5.41, 5.74) is 10.8. The molecule has 8 nitrogen and oxygen atoms in total. The third-order valence-electron chi connectivity index (χ3n) is 2.59. The minimum Gasteiger partial charge on any atom is -0.497 e. The third kappa shape index (κ3) is 3.11. The summed E-state index contributed by atoms with van der Waals surface area (Å²) in [6.07, 6.45) is 1.17. The maximum Gasteiger partial charge on any atom is 0.302 e. The lowest BCUT2D eigenvalue weighted by molar-refractivity contribution is 0.0998. The number of carbonyl (C=O) groups is 1. The molecule has 4 N–H and O–H groups in total. The first-order valence-corrected chi connectivity index (χ1v) is 5.87. The van der Waals surface area contributed by atoms with Gasteiger partial charge in [0, 0.05) is 0 Å². The first-order valence-electron chi connectivity index (χ1n) is 5.87. The molecule has 110 valence electrons. The fourth-order valence-corrected chi connectivity index (χ4v) is 1.65. The highest BCUT2D eigenvalue weighted by Crippen LogP contribution is 2.32. The van der Waals surface area contributed by atoms with Crippen LogP contribution in [0.5, 0.6) is 11.5 Å². The Morgan fingerprint density at radius 3 is 2.67 bits per heavy atom. The number of ether oxygens (including phenoxy) is 2. The lowest BCUT2D eigenvalue weighted by Crippen LogP contribution is -2.24. The Morgan fingerprint density at radius 1 is 1.29 bits per heavy atom. The molecular formula is C13H14N4O4. The third-order valence-corrected chi connectivity index (χ3v) is 2.59. The van der Waals surface area contributed by atoms with Crippen molar-refractivity contribution in [2.45, 2.75) is 0 Å². The van der Waals surface area contributed by atoms with Gasteiger partial charge in [0.25, 0.3) is 0 Å². The van der Waals surface area contributed by atoms with Gasteiger partial charge in [-0.25, -0.2) is 4.98 Å². The van der Waals surface area contributed by atoms with Crippen molar-refractivity contribution in [1.82, 2.24) is 4.98 Å². The predicted octanol–water partition coefficient (Wildman–Crippen LogP) is 0.772. The van der Waals surface area contributed by atoms with Crippen LogP contribution >= 0.6 is 0 Å². The van der Waals surface area contributed by atoms with Gasteiger partial charge in [-0.05, 0) is 18.2 Å². The van der Waals surface area contributed by atoms with Crippen molar-refractivity contribution in [3.8, 4) is 23.0 Å². The normalized spacial score (nSPS) is 10.0. The van der Waals surface area contributed by atoms with E-state index in [0.717, 1.165) is 0 Å². The summed E-state index contributed by atoms with van der Waals surface area (Å²) >= 11 is 0. The standard InChI is InChI=1S/C13H14N4O4/c1-19-7-3-4-10(20-2)8(5-7)12-16-9(6-21-12)11(18)17-13(14)15/h3-6H,1-2H3,(H4,14,15,17,18). The Morgan fingerprint density at radius 2 is 2.05 bits per heavy atom. The highest BCUT2D eigenvalue weighted by atomic mass is 16.5. The molecule has 0 bridgehead atoms. The van der Waals surface area contributed by atoms with Crippen LogP contribution in [-0.4, -0.2) is 31.1 Å². The average molecular weight is 290 g/mol. The molecule has 1 heterocycles. The molecule has 1 aromatic carbocycles. The Labute approximate surface area is 120 Å². The first kappa shape index (κ1) is 14.4. The topological polar surface area (TPSA) is 126 Å².